The first kappa shape index (κ1) is 12.3. The van der Waals surface area contributed by atoms with Gasteiger partial charge in [-0.15, -0.1) is 0 Å². The number of benzene rings is 1. The van der Waals surface area contributed by atoms with Gasteiger partial charge in [0, 0.05) is 18.3 Å². The zero-order valence-corrected chi connectivity index (χ0v) is 11.5. The lowest BCUT2D eigenvalue weighted by Gasteiger charge is -2.28. The molecule has 1 aliphatic rings. The van der Waals surface area contributed by atoms with Crippen LogP contribution in [0.1, 0.15) is 39.0 Å². The Kier molecular flexibility index (Phi) is 3.32. The molecule has 1 saturated heterocycles. The number of hydrogen-bond acceptors (Lipinski definition) is 3. The van der Waals surface area contributed by atoms with Crippen molar-refractivity contribution in [3.05, 3.63) is 18.2 Å². The lowest BCUT2D eigenvalue weighted by Crippen LogP contribution is -2.35. The molecule has 19 heavy (non-hydrogen) atoms. The smallest absolute Gasteiger partial charge is 0.204 e. The highest BCUT2D eigenvalue weighted by Crippen LogP contribution is 2.26. The van der Waals surface area contributed by atoms with Crippen LogP contribution in [0.5, 0.6) is 0 Å². The Morgan fingerprint density at radius 2 is 2.26 bits per heavy atom. The Hall–Kier alpha value is -1.71. The molecule has 0 spiro atoms. The van der Waals surface area contributed by atoms with E-state index in [0.29, 0.717) is 6.04 Å². The maximum Gasteiger partial charge on any atom is 0.204 e. The highest BCUT2D eigenvalue weighted by molar-refractivity contribution is 5.80. The lowest BCUT2D eigenvalue weighted by molar-refractivity contribution is 0.549. The van der Waals surface area contributed by atoms with Crippen LogP contribution in [0.3, 0.4) is 0 Å². The van der Waals surface area contributed by atoms with Crippen molar-refractivity contribution in [3.8, 4) is 0 Å². The summed E-state index contributed by atoms with van der Waals surface area (Å²) in [6, 6.07) is 6.47. The molecule has 2 heterocycles. The van der Waals surface area contributed by atoms with Crippen molar-refractivity contribution in [1.29, 1.82) is 0 Å². The van der Waals surface area contributed by atoms with Crippen molar-refractivity contribution < 1.29 is 0 Å². The first-order valence-corrected chi connectivity index (χ1v) is 7.30. The monoisotopic (exact) mass is 258 g/mol. The van der Waals surface area contributed by atoms with Gasteiger partial charge in [0.1, 0.15) is 0 Å². The van der Waals surface area contributed by atoms with Gasteiger partial charge in [0.25, 0.3) is 0 Å². The molecule has 1 aromatic heterocycles. The molecule has 1 atom stereocenters. The molecule has 0 amide bonds. The number of H-pyrrole nitrogens is 1. The number of nitrogens with one attached hydrogen (secondary N) is 1. The first-order chi connectivity index (χ1) is 9.28. The van der Waals surface area contributed by atoms with Gasteiger partial charge in [-0.05, 0) is 37.5 Å². The number of nitrogen functional groups attached to an aromatic ring is 1. The summed E-state index contributed by atoms with van der Waals surface area (Å²) < 4.78 is 0. The maximum absolute atomic E-state index is 5.83. The number of rotatable bonds is 2. The fraction of sp³-hybridized carbons (Fsp3) is 0.533. The van der Waals surface area contributed by atoms with Crippen LogP contribution < -0.4 is 10.6 Å². The highest BCUT2D eigenvalue weighted by Gasteiger charge is 2.22. The van der Waals surface area contributed by atoms with E-state index < -0.39 is 0 Å². The fourth-order valence-corrected chi connectivity index (χ4v) is 3.03. The topological polar surface area (TPSA) is 57.9 Å². The number of imidazole rings is 1. The van der Waals surface area contributed by atoms with Crippen LogP contribution in [0.25, 0.3) is 11.0 Å². The van der Waals surface area contributed by atoms with Crippen molar-refractivity contribution in [2.75, 3.05) is 17.2 Å². The van der Waals surface area contributed by atoms with Gasteiger partial charge in [-0.25, -0.2) is 4.98 Å². The molecule has 102 valence electrons. The largest absolute Gasteiger partial charge is 0.399 e. The molecule has 0 aliphatic carbocycles. The Labute approximate surface area is 114 Å². The third-order valence-electron chi connectivity index (χ3n) is 4.11. The van der Waals surface area contributed by atoms with Gasteiger partial charge < -0.3 is 15.6 Å². The Morgan fingerprint density at radius 1 is 1.37 bits per heavy atom. The average molecular weight is 258 g/mol. The van der Waals surface area contributed by atoms with Crippen LogP contribution in [0.2, 0.25) is 0 Å². The van der Waals surface area contributed by atoms with Gasteiger partial charge >= 0.3 is 0 Å². The molecule has 0 saturated carbocycles. The van der Waals surface area contributed by atoms with Crippen molar-refractivity contribution in [1.82, 2.24) is 9.97 Å². The van der Waals surface area contributed by atoms with Crippen LogP contribution in [-0.4, -0.2) is 22.6 Å². The molecule has 1 aromatic carbocycles. The maximum atomic E-state index is 5.83. The van der Waals surface area contributed by atoms with E-state index in [4.69, 9.17) is 10.7 Å². The molecule has 1 aliphatic heterocycles. The van der Waals surface area contributed by atoms with E-state index in [1.165, 1.54) is 32.1 Å². The molecular formula is C15H22N4. The van der Waals surface area contributed by atoms with E-state index in [-0.39, 0.29) is 0 Å². The molecule has 0 radical (unpaired) electrons. The molecule has 1 fully saturated rings. The SMILES string of the molecule is CCC1CCCCCN1c1nc2ccc(N)cc2[nH]1. The Bertz CT molecular complexity index is 560. The number of fused-ring (bicyclic) bond motifs is 1. The van der Waals surface area contributed by atoms with Crippen molar-refractivity contribution in [3.63, 3.8) is 0 Å². The highest BCUT2D eigenvalue weighted by atomic mass is 15.3. The first-order valence-electron chi connectivity index (χ1n) is 7.30. The van der Waals surface area contributed by atoms with Gasteiger partial charge in [0.2, 0.25) is 5.95 Å². The minimum atomic E-state index is 0.611. The van der Waals surface area contributed by atoms with Gasteiger partial charge in [-0.1, -0.05) is 19.8 Å². The minimum absolute atomic E-state index is 0.611. The summed E-state index contributed by atoms with van der Waals surface area (Å²) in [5.41, 5.74) is 8.65. The summed E-state index contributed by atoms with van der Waals surface area (Å²) >= 11 is 0. The van der Waals surface area contributed by atoms with Gasteiger partial charge in [0.15, 0.2) is 0 Å². The molecule has 2 aromatic rings. The Morgan fingerprint density at radius 3 is 3.11 bits per heavy atom. The third-order valence-corrected chi connectivity index (χ3v) is 4.11. The standard InChI is InChI=1S/C15H22N4/c1-2-12-6-4-3-5-9-19(12)15-17-13-8-7-11(16)10-14(13)18-15/h7-8,10,12H,2-6,9,16H2,1H3,(H,17,18). The molecule has 1 unspecified atom stereocenters. The second-order valence-electron chi connectivity index (χ2n) is 5.44. The zero-order valence-electron chi connectivity index (χ0n) is 11.5. The second-order valence-corrected chi connectivity index (χ2v) is 5.44. The summed E-state index contributed by atoms with van der Waals surface area (Å²) in [4.78, 5) is 10.6. The normalized spacial score (nSPS) is 20.7. The summed E-state index contributed by atoms with van der Waals surface area (Å²) in [6.07, 6.45) is 6.38. The van der Waals surface area contributed by atoms with E-state index in [1.54, 1.807) is 0 Å². The van der Waals surface area contributed by atoms with E-state index in [0.717, 1.165) is 29.2 Å². The van der Waals surface area contributed by atoms with Crippen LogP contribution in [0, 0.1) is 0 Å². The van der Waals surface area contributed by atoms with Crippen LogP contribution in [0.4, 0.5) is 11.6 Å². The van der Waals surface area contributed by atoms with Crippen LogP contribution in [-0.2, 0) is 0 Å². The third kappa shape index (κ3) is 2.39. The van der Waals surface area contributed by atoms with E-state index in [2.05, 4.69) is 16.8 Å². The molecule has 0 bridgehead atoms. The molecule has 3 N–H and O–H groups in total. The summed E-state index contributed by atoms with van der Waals surface area (Å²) in [5.74, 6) is 1.01. The summed E-state index contributed by atoms with van der Waals surface area (Å²) in [6.45, 7) is 3.37. The molecule has 4 nitrogen and oxygen atoms in total. The number of nitrogens with two attached hydrogens (primary N) is 1. The fourth-order valence-electron chi connectivity index (χ4n) is 3.03. The molecular weight excluding hydrogens is 236 g/mol. The number of aromatic nitrogens is 2. The molecule has 4 heteroatoms. The summed E-state index contributed by atoms with van der Waals surface area (Å²) in [5, 5.41) is 0. The van der Waals surface area contributed by atoms with Crippen molar-refractivity contribution in [2.24, 2.45) is 0 Å². The number of anilines is 2. The lowest BCUT2D eigenvalue weighted by atomic mass is 10.1. The van der Waals surface area contributed by atoms with Crippen molar-refractivity contribution in [2.45, 2.75) is 45.1 Å². The van der Waals surface area contributed by atoms with Crippen molar-refractivity contribution >= 4 is 22.7 Å². The number of hydrogen-bond donors (Lipinski definition) is 2. The number of nitrogens with zero attached hydrogens (tertiary/aromatic N) is 2. The van der Waals surface area contributed by atoms with Gasteiger partial charge in [-0.3, -0.25) is 0 Å². The average Bonchev–Trinajstić information content (AvgIpc) is 2.67. The van der Waals surface area contributed by atoms with E-state index >= 15 is 0 Å². The zero-order chi connectivity index (χ0) is 13.2. The quantitative estimate of drug-likeness (QED) is 0.812. The molecule has 3 rings (SSSR count). The van der Waals surface area contributed by atoms with Crippen LogP contribution in [0.15, 0.2) is 18.2 Å². The van der Waals surface area contributed by atoms with E-state index in [1.807, 2.05) is 18.2 Å². The van der Waals surface area contributed by atoms with Crippen LogP contribution >= 0.6 is 0 Å². The van der Waals surface area contributed by atoms with Gasteiger partial charge in [-0.2, -0.15) is 0 Å². The van der Waals surface area contributed by atoms with E-state index in [9.17, 15) is 0 Å². The summed E-state index contributed by atoms with van der Waals surface area (Å²) in [7, 11) is 0. The number of aromatic amines is 1. The van der Waals surface area contributed by atoms with Gasteiger partial charge in [0.05, 0.1) is 11.0 Å². The Balaban J connectivity index is 1.96. The predicted octanol–water partition coefficient (Wildman–Crippen LogP) is 3.30. The second kappa shape index (κ2) is 5.11. The predicted molar refractivity (Wildman–Crippen MR) is 80.4 cm³/mol. The minimum Gasteiger partial charge on any atom is -0.399 e.